The van der Waals surface area contributed by atoms with Crippen LogP contribution in [0.2, 0.25) is 0 Å². The van der Waals surface area contributed by atoms with Gasteiger partial charge in [0, 0.05) is 19.0 Å². The number of nitrogens with two attached hydrogens (primary N) is 1. The number of carbonyl (C=O) groups excluding carboxylic acids is 1. The van der Waals surface area contributed by atoms with Crippen molar-refractivity contribution in [1.29, 1.82) is 0 Å². The van der Waals surface area contributed by atoms with Gasteiger partial charge < -0.3 is 11.1 Å². The van der Waals surface area contributed by atoms with E-state index >= 15 is 0 Å². The lowest BCUT2D eigenvalue weighted by Crippen LogP contribution is -2.35. The number of hydrogen-bond donors (Lipinski definition) is 2. The molecule has 0 aromatic carbocycles. The average Bonchev–Trinajstić information content (AvgIpc) is 2.15. The molecule has 1 aliphatic carbocycles. The maximum Gasteiger partial charge on any atom is 0.223 e. The third-order valence-corrected chi connectivity index (χ3v) is 2.83. The van der Waals surface area contributed by atoms with Crippen LogP contribution in [0.1, 0.15) is 32.6 Å². The Kier molecular flexibility index (Phi) is 4.22. The van der Waals surface area contributed by atoms with Crippen molar-refractivity contribution < 1.29 is 4.79 Å². The topological polar surface area (TPSA) is 55.1 Å². The highest BCUT2D eigenvalue weighted by atomic mass is 16.1. The smallest absolute Gasteiger partial charge is 0.223 e. The molecule has 76 valence electrons. The van der Waals surface area contributed by atoms with Crippen LogP contribution in [-0.4, -0.2) is 19.0 Å². The molecule has 1 fully saturated rings. The molecule has 0 radical (unpaired) electrons. The van der Waals surface area contributed by atoms with Crippen LogP contribution in [0.5, 0.6) is 0 Å². The van der Waals surface area contributed by atoms with Crippen LogP contribution in [-0.2, 0) is 4.79 Å². The predicted molar refractivity (Wildman–Crippen MR) is 53.2 cm³/mol. The maximum absolute atomic E-state index is 11.5. The van der Waals surface area contributed by atoms with Gasteiger partial charge in [-0.3, -0.25) is 4.79 Å². The van der Waals surface area contributed by atoms with Crippen LogP contribution in [0.25, 0.3) is 0 Å². The van der Waals surface area contributed by atoms with Crippen LogP contribution in [0.3, 0.4) is 0 Å². The van der Waals surface area contributed by atoms with E-state index < -0.39 is 0 Å². The van der Waals surface area contributed by atoms with Crippen molar-refractivity contribution in [3.8, 4) is 0 Å². The van der Waals surface area contributed by atoms with E-state index in [-0.39, 0.29) is 11.8 Å². The van der Waals surface area contributed by atoms with Gasteiger partial charge in [-0.15, -0.1) is 0 Å². The first-order valence-electron chi connectivity index (χ1n) is 5.21. The minimum absolute atomic E-state index is 0.206. The summed E-state index contributed by atoms with van der Waals surface area (Å²) in [6.45, 7) is 3.41. The first-order valence-corrected chi connectivity index (χ1v) is 5.21. The van der Waals surface area contributed by atoms with E-state index in [0.29, 0.717) is 13.1 Å². The molecule has 0 unspecified atom stereocenters. The molecule has 0 bridgehead atoms. The number of nitrogens with one attached hydrogen (secondary N) is 1. The van der Waals surface area contributed by atoms with Gasteiger partial charge in [0.1, 0.15) is 0 Å². The predicted octanol–water partition coefficient (Wildman–Crippen LogP) is 0.888. The largest absolute Gasteiger partial charge is 0.355 e. The zero-order valence-corrected chi connectivity index (χ0v) is 8.38. The summed E-state index contributed by atoms with van der Waals surface area (Å²) in [6.07, 6.45) is 4.50. The monoisotopic (exact) mass is 184 g/mol. The second-order valence-corrected chi connectivity index (χ2v) is 4.04. The van der Waals surface area contributed by atoms with Crippen LogP contribution in [0, 0.1) is 11.8 Å². The van der Waals surface area contributed by atoms with Crippen molar-refractivity contribution in [1.82, 2.24) is 5.32 Å². The fourth-order valence-electron chi connectivity index (χ4n) is 1.86. The fourth-order valence-corrected chi connectivity index (χ4v) is 1.86. The SMILES string of the molecule is CC1CCC(C(=O)NCCN)CC1. The van der Waals surface area contributed by atoms with Gasteiger partial charge in [0.15, 0.2) is 0 Å². The highest BCUT2D eigenvalue weighted by Crippen LogP contribution is 2.28. The molecule has 3 nitrogen and oxygen atoms in total. The summed E-state index contributed by atoms with van der Waals surface area (Å²) >= 11 is 0. The van der Waals surface area contributed by atoms with E-state index in [9.17, 15) is 4.79 Å². The first kappa shape index (κ1) is 10.5. The summed E-state index contributed by atoms with van der Waals surface area (Å²) in [6, 6.07) is 0. The molecule has 1 amide bonds. The molecule has 0 heterocycles. The maximum atomic E-state index is 11.5. The molecule has 0 atom stereocenters. The molecule has 1 rings (SSSR count). The number of hydrogen-bond acceptors (Lipinski definition) is 2. The average molecular weight is 184 g/mol. The molecule has 0 saturated heterocycles. The van der Waals surface area contributed by atoms with Crippen molar-refractivity contribution >= 4 is 5.91 Å². The third kappa shape index (κ3) is 3.35. The minimum atomic E-state index is 0.206. The molecular formula is C10H20N2O. The van der Waals surface area contributed by atoms with Crippen molar-refractivity contribution in [2.75, 3.05) is 13.1 Å². The Balaban J connectivity index is 2.23. The lowest BCUT2D eigenvalue weighted by molar-refractivity contribution is -0.126. The van der Waals surface area contributed by atoms with Crippen molar-refractivity contribution in [2.45, 2.75) is 32.6 Å². The second kappa shape index (κ2) is 5.22. The Labute approximate surface area is 80.1 Å². The van der Waals surface area contributed by atoms with Crippen molar-refractivity contribution in [3.05, 3.63) is 0 Å². The highest BCUT2D eigenvalue weighted by Gasteiger charge is 2.23. The minimum Gasteiger partial charge on any atom is -0.355 e. The summed E-state index contributed by atoms with van der Waals surface area (Å²) in [5.74, 6) is 1.26. The summed E-state index contributed by atoms with van der Waals surface area (Å²) in [4.78, 5) is 11.5. The van der Waals surface area contributed by atoms with Crippen LogP contribution in [0.4, 0.5) is 0 Å². The molecule has 3 N–H and O–H groups in total. The highest BCUT2D eigenvalue weighted by molar-refractivity contribution is 5.78. The number of amides is 1. The van der Waals surface area contributed by atoms with Gasteiger partial charge >= 0.3 is 0 Å². The first-order chi connectivity index (χ1) is 6.24. The number of rotatable bonds is 3. The Morgan fingerprint density at radius 1 is 1.38 bits per heavy atom. The summed E-state index contributed by atoms with van der Waals surface area (Å²) < 4.78 is 0. The van der Waals surface area contributed by atoms with E-state index in [1.807, 2.05) is 0 Å². The van der Waals surface area contributed by atoms with Gasteiger partial charge in [0.25, 0.3) is 0 Å². The Bertz CT molecular complexity index is 162. The number of carbonyl (C=O) groups is 1. The van der Waals surface area contributed by atoms with E-state index in [1.165, 1.54) is 12.8 Å². The van der Waals surface area contributed by atoms with Crippen molar-refractivity contribution in [2.24, 2.45) is 17.6 Å². The van der Waals surface area contributed by atoms with Gasteiger partial charge in [-0.25, -0.2) is 0 Å². The normalized spacial score (nSPS) is 28.5. The van der Waals surface area contributed by atoms with Crippen molar-refractivity contribution in [3.63, 3.8) is 0 Å². The van der Waals surface area contributed by atoms with E-state index in [1.54, 1.807) is 0 Å². The van der Waals surface area contributed by atoms with E-state index in [4.69, 9.17) is 5.73 Å². The lowest BCUT2D eigenvalue weighted by atomic mass is 9.82. The van der Waals surface area contributed by atoms with Gasteiger partial charge in [-0.2, -0.15) is 0 Å². The standard InChI is InChI=1S/C10H20N2O/c1-8-2-4-9(5-3-8)10(13)12-7-6-11/h8-9H,2-7,11H2,1H3,(H,12,13). The molecule has 0 spiro atoms. The third-order valence-electron chi connectivity index (χ3n) is 2.83. The van der Waals surface area contributed by atoms with Gasteiger partial charge in [-0.1, -0.05) is 6.92 Å². The molecule has 0 aromatic heterocycles. The van der Waals surface area contributed by atoms with Crippen LogP contribution >= 0.6 is 0 Å². The van der Waals surface area contributed by atoms with Crippen LogP contribution in [0.15, 0.2) is 0 Å². The molecule has 1 saturated carbocycles. The van der Waals surface area contributed by atoms with Gasteiger partial charge in [-0.05, 0) is 31.6 Å². The van der Waals surface area contributed by atoms with Gasteiger partial charge in [0.2, 0.25) is 5.91 Å². The molecule has 3 heteroatoms. The summed E-state index contributed by atoms with van der Waals surface area (Å²) in [7, 11) is 0. The Hall–Kier alpha value is -0.570. The Morgan fingerprint density at radius 2 is 2.00 bits per heavy atom. The molecular weight excluding hydrogens is 164 g/mol. The van der Waals surface area contributed by atoms with E-state index in [2.05, 4.69) is 12.2 Å². The summed E-state index contributed by atoms with van der Waals surface area (Å²) in [5.41, 5.74) is 5.31. The van der Waals surface area contributed by atoms with Gasteiger partial charge in [0.05, 0.1) is 0 Å². The zero-order valence-electron chi connectivity index (χ0n) is 8.38. The second-order valence-electron chi connectivity index (χ2n) is 4.04. The summed E-state index contributed by atoms with van der Waals surface area (Å²) in [5, 5.41) is 2.85. The molecule has 0 aromatic rings. The van der Waals surface area contributed by atoms with Crippen LogP contribution < -0.4 is 11.1 Å². The zero-order chi connectivity index (χ0) is 9.68. The molecule has 1 aliphatic rings. The fraction of sp³-hybridized carbons (Fsp3) is 0.900. The molecule has 13 heavy (non-hydrogen) atoms. The van der Waals surface area contributed by atoms with E-state index in [0.717, 1.165) is 18.8 Å². The molecule has 0 aliphatic heterocycles. The Morgan fingerprint density at radius 3 is 2.54 bits per heavy atom. The lowest BCUT2D eigenvalue weighted by Gasteiger charge is -2.25. The quantitative estimate of drug-likeness (QED) is 0.684.